The first kappa shape index (κ1) is 13.8. The zero-order valence-corrected chi connectivity index (χ0v) is 10.8. The van der Waals surface area contributed by atoms with Crippen LogP contribution >= 0.6 is 0 Å². The molecule has 0 heterocycles. The molecule has 0 N–H and O–H groups in total. The number of nitrogens with zero attached hydrogens (tertiary/aromatic N) is 2. The van der Waals surface area contributed by atoms with Crippen LogP contribution < -0.4 is 0 Å². The van der Waals surface area contributed by atoms with Crippen LogP contribution in [0.15, 0.2) is 34.6 Å². The molecule has 0 unspecified atom stereocenters. The Bertz CT molecular complexity index is 482. The normalized spacial score (nSPS) is 11.9. The lowest BCUT2D eigenvalue weighted by Gasteiger charge is -2.05. The monoisotopic (exact) mass is 244 g/mol. The molecule has 0 aliphatic heterocycles. The molecule has 18 heavy (non-hydrogen) atoms. The van der Waals surface area contributed by atoms with Gasteiger partial charge in [0.2, 0.25) is 0 Å². The Hall–Kier alpha value is -2.28. The third kappa shape index (κ3) is 3.63. The van der Waals surface area contributed by atoms with Crippen molar-refractivity contribution in [3.05, 3.63) is 35.4 Å². The van der Waals surface area contributed by atoms with E-state index in [0.717, 1.165) is 11.1 Å². The molecule has 1 rings (SSSR count). The molecule has 0 fully saturated rings. The molecule has 1 aromatic carbocycles. The second-order valence-corrected chi connectivity index (χ2v) is 3.44. The van der Waals surface area contributed by atoms with E-state index in [4.69, 9.17) is 16.1 Å². The van der Waals surface area contributed by atoms with E-state index in [-0.39, 0.29) is 0 Å². The molecule has 0 saturated carbocycles. The highest BCUT2D eigenvalue weighted by molar-refractivity contribution is 6.47. The van der Waals surface area contributed by atoms with Crippen molar-refractivity contribution in [1.29, 1.82) is 0 Å². The summed E-state index contributed by atoms with van der Waals surface area (Å²) in [7, 11) is 1.49. The van der Waals surface area contributed by atoms with Gasteiger partial charge in [0.15, 0.2) is 0 Å². The van der Waals surface area contributed by atoms with Crippen LogP contribution in [0.5, 0.6) is 0 Å². The van der Waals surface area contributed by atoms with E-state index in [9.17, 15) is 0 Å². The van der Waals surface area contributed by atoms with E-state index in [1.165, 1.54) is 7.11 Å². The average Bonchev–Trinajstić information content (AvgIpc) is 2.40. The maximum Gasteiger partial charge on any atom is 0.134 e. The van der Waals surface area contributed by atoms with Gasteiger partial charge in [-0.05, 0) is 26.0 Å². The zero-order chi connectivity index (χ0) is 13.4. The Morgan fingerprint density at radius 2 is 1.94 bits per heavy atom. The Kier molecular flexibility index (Phi) is 5.46. The molecular formula is C14H16N2O2. The third-order valence-electron chi connectivity index (χ3n) is 2.18. The summed E-state index contributed by atoms with van der Waals surface area (Å²) in [5.74, 6) is 2.56. The fraction of sp³-hybridized carbons (Fsp3) is 0.286. The molecule has 4 heteroatoms. The second-order valence-electron chi connectivity index (χ2n) is 3.44. The zero-order valence-electron chi connectivity index (χ0n) is 10.8. The molecule has 0 atom stereocenters. The lowest BCUT2D eigenvalue weighted by Crippen LogP contribution is -2.13. The minimum absolute atomic E-state index is 0.492. The lowest BCUT2D eigenvalue weighted by molar-refractivity contribution is 0.159. The molecule has 0 aliphatic rings. The molecule has 0 spiro atoms. The number of benzene rings is 1. The fourth-order valence-electron chi connectivity index (χ4n) is 1.36. The largest absolute Gasteiger partial charge is 0.399 e. The fourth-order valence-corrected chi connectivity index (χ4v) is 1.36. The van der Waals surface area contributed by atoms with Gasteiger partial charge in [0.1, 0.15) is 25.1 Å². The van der Waals surface area contributed by atoms with Crippen molar-refractivity contribution in [3.8, 4) is 12.3 Å². The minimum Gasteiger partial charge on any atom is -0.399 e. The lowest BCUT2D eigenvalue weighted by atomic mass is 10.1. The van der Waals surface area contributed by atoms with Gasteiger partial charge in [0.25, 0.3) is 0 Å². The van der Waals surface area contributed by atoms with Crippen molar-refractivity contribution in [1.82, 2.24) is 0 Å². The molecule has 0 amide bonds. The van der Waals surface area contributed by atoms with Gasteiger partial charge < -0.3 is 9.68 Å². The quantitative estimate of drug-likeness (QED) is 0.453. The molecule has 1 aromatic rings. The van der Waals surface area contributed by atoms with Gasteiger partial charge in [0.05, 0.1) is 0 Å². The Morgan fingerprint density at radius 3 is 2.44 bits per heavy atom. The summed E-state index contributed by atoms with van der Waals surface area (Å²) in [4.78, 5) is 9.84. The van der Waals surface area contributed by atoms with Gasteiger partial charge in [-0.15, -0.1) is 6.42 Å². The first-order valence-electron chi connectivity index (χ1n) is 5.58. The molecular weight excluding hydrogens is 228 g/mol. The number of terminal acetylenes is 1. The molecule has 0 aromatic heterocycles. The topological polar surface area (TPSA) is 43.2 Å². The van der Waals surface area contributed by atoms with Crippen molar-refractivity contribution >= 4 is 11.4 Å². The molecule has 0 radical (unpaired) electrons. The van der Waals surface area contributed by atoms with E-state index in [1.807, 2.05) is 31.2 Å². The maximum absolute atomic E-state index is 5.32. The van der Waals surface area contributed by atoms with Crippen molar-refractivity contribution < 1.29 is 9.68 Å². The predicted molar refractivity (Wildman–Crippen MR) is 72.7 cm³/mol. The van der Waals surface area contributed by atoms with Crippen LogP contribution in [0.25, 0.3) is 0 Å². The highest BCUT2D eigenvalue weighted by atomic mass is 16.6. The maximum atomic E-state index is 5.32. The molecule has 0 bridgehead atoms. The first-order valence-corrected chi connectivity index (χ1v) is 5.58. The van der Waals surface area contributed by atoms with Crippen molar-refractivity contribution in [2.45, 2.75) is 13.8 Å². The number of hydrogen-bond acceptors (Lipinski definition) is 4. The summed E-state index contributed by atoms with van der Waals surface area (Å²) in [5, 5.41) is 7.90. The summed E-state index contributed by atoms with van der Waals surface area (Å²) < 4.78 is 0. The Balaban J connectivity index is 3.10. The van der Waals surface area contributed by atoms with Crippen LogP contribution in [0.2, 0.25) is 0 Å². The van der Waals surface area contributed by atoms with E-state index in [2.05, 4.69) is 16.2 Å². The van der Waals surface area contributed by atoms with Crippen LogP contribution in [-0.4, -0.2) is 25.1 Å². The Labute approximate surface area is 107 Å². The van der Waals surface area contributed by atoms with Crippen LogP contribution in [0.4, 0.5) is 0 Å². The van der Waals surface area contributed by atoms with Crippen LogP contribution in [0.3, 0.4) is 0 Å². The number of rotatable bonds is 5. The summed E-state index contributed by atoms with van der Waals surface area (Å²) >= 11 is 0. The second kappa shape index (κ2) is 7.13. The highest BCUT2D eigenvalue weighted by Gasteiger charge is 2.09. The summed E-state index contributed by atoms with van der Waals surface area (Å²) in [6.07, 6.45) is 5.32. The number of hydrogen-bond donors (Lipinski definition) is 0. The SMILES string of the molecule is C#Cc1ccc(C(=N\OCC)/C(C)=N/OC)cc1. The van der Waals surface area contributed by atoms with E-state index in [1.54, 1.807) is 6.92 Å². The smallest absolute Gasteiger partial charge is 0.134 e. The van der Waals surface area contributed by atoms with Gasteiger partial charge in [-0.3, -0.25) is 0 Å². The van der Waals surface area contributed by atoms with E-state index < -0.39 is 0 Å². The van der Waals surface area contributed by atoms with Crippen molar-refractivity contribution in [2.75, 3.05) is 13.7 Å². The van der Waals surface area contributed by atoms with Gasteiger partial charge in [0, 0.05) is 11.1 Å². The summed E-state index contributed by atoms with van der Waals surface area (Å²) in [5.41, 5.74) is 2.96. The minimum atomic E-state index is 0.492. The van der Waals surface area contributed by atoms with E-state index in [0.29, 0.717) is 18.0 Å². The standard InChI is InChI=1S/C14H16N2O2/c1-5-12-7-9-13(10-8-12)14(16-18-6-2)11(3)15-17-4/h1,7-10H,6H2,2-4H3/b15-11+,16-14-. The van der Waals surface area contributed by atoms with Crippen LogP contribution in [-0.2, 0) is 9.68 Å². The summed E-state index contributed by atoms with van der Waals surface area (Å²) in [6.45, 7) is 4.16. The molecule has 0 aliphatic carbocycles. The number of oxime groups is 2. The van der Waals surface area contributed by atoms with E-state index >= 15 is 0 Å². The molecule has 0 saturated heterocycles. The van der Waals surface area contributed by atoms with Gasteiger partial charge in [-0.2, -0.15) is 0 Å². The van der Waals surface area contributed by atoms with Crippen molar-refractivity contribution in [3.63, 3.8) is 0 Å². The third-order valence-corrected chi connectivity index (χ3v) is 2.18. The molecule has 4 nitrogen and oxygen atoms in total. The van der Waals surface area contributed by atoms with Crippen molar-refractivity contribution in [2.24, 2.45) is 10.3 Å². The van der Waals surface area contributed by atoms with Gasteiger partial charge in [-0.1, -0.05) is 28.4 Å². The van der Waals surface area contributed by atoms with Crippen LogP contribution in [0, 0.1) is 12.3 Å². The highest BCUT2D eigenvalue weighted by Crippen LogP contribution is 2.07. The molecule has 94 valence electrons. The van der Waals surface area contributed by atoms with Gasteiger partial charge in [-0.25, -0.2) is 0 Å². The predicted octanol–water partition coefficient (Wildman–Crippen LogP) is 2.43. The van der Waals surface area contributed by atoms with Crippen LogP contribution in [0.1, 0.15) is 25.0 Å². The Morgan fingerprint density at radius 1 is 1.28 bits per heavy atom. The first-order chi connectivity index (χ1) is 8.72. The summed E-state index contributed by atoms with van der Waals surface area (Å²) in [6, 6.07) is 7.44. The van der Waals surface area contributed by atoms with Gasteiger partial charge >= 0.3 is 0 Å². The average molecular weight is 244 g/mol.